The molecule has 6 nitrogen and oxygen atoms in total. The molecule has 3 rings (SSSR count). The molecule has 0 atom stereocenters. The van der Waals surface area contributed by atoms with Crippen LogP contribution in [0.5, 0.6) is 11.5 Å². The minimum absolute atomic E-state index is 0.115. The number of nitrogens with zero attached hydrogens (tertiary/aromatic N) is 2. The molecule has 3 aromatic rings. The van der Waals surface area contributed by atoms with Gasteiger partial charge < -0.3 is 9.47 Å². The maximum absolute atomic E-state index is 11.4. The zero-order chi connectivity index (χ0) is 16.4. The first-order chi connectivity index (χ1) is 11.2. The lowest BCUT2D eigenvalue weighted by Crippen LogP contribution is -1.98. The summed E-state index contributed by atoms with van der Waals surface area (Å²) >= 11 is 0. The summed E-state index contributed by atoms with van der Waals surface area (Å²) in [4.78, 5) is 15.5. The molecule has 0 bridgehead atoms. The average molecular weight is 310 g/mol. The number of benzene rings is 2. The number of aromatic nitrogens is 1. The molecular formula is C17H14N2O4. The van der Waals surface area contributed by atoms with Crippen molar-refractivity contribution in [2.75, 3.05) is 14.2 Å². The zero-order valence-electron chi connectivity index (χ0n) is 12.6. The van der Waals surface area contributed by atoms with Gasteiger partial charge in [0.05, 0.1) is 30.2 Å². The highest BCUT2D eigenvalue weighted by Gasteiger charge is 2.23. The van der Waals surface area contributed by atoms with E-state index in [4.69, 9.17) is 9.47 Å². The molecule has 0 saturated carbocycles. The standard InChI is InChI=1S/C17H14N2O4/c1-22-14-10-15(23-2)17(19(20)21)12-8-9-13(18-16(12)14)11-6-4-3-5-7-11/h3-10H,1-2H3. The third-order valence-electron chi connectivity index (χ3n) is 3.57. The van der Waals surface area contributed by atoms with Crippen molar-refractivity contribution in [3.05, 3.63) is 58.6 Å². The number of pyridine rings is 1. The summed E-state index contributed by atoms with van der Waals surface area (Å²) in [5.74, 6) is 0.578. The van der Waals surface area contributed by atoms with Crippen LogP contribution in [-0.4, -0.2) is 24.1 Å². The van der Waals surface area contributed by atoms with Crippen LogP contribution in [0.1, 0.15) is 0 Å². The van der Waals surface area contributed by atoms with Crippen molar-refractivity contribution in [2.45, 2.75) is 0 Å². The van der Waals surface area contributed by atoms with Crippen molar-refractivity contribution in [1.82, 2.24) is 4.98 Å². The van der Waals surface area contributed by atoms with E-state index in [0.29, 0.717) is 16.7 Å². The molecule has 0 fully saturated rings. The topological polar surface area (TPSA) is 74.5 Å². The Kier molecular flexibility index (Phi) is 3.80. The molecule has 6 heteroatoms. The molecule has 0 unspecified atom stereocenters. The normalized spacial score (nSPS) is 10.5. The van der Waals surface area contributed by atoms with Gasteiger partial charge in [-0.25, -0.2) is 4.98 Å². The maximum Gasteiger partial charge on any atom is 0.320 e. The second-order valence-corrected chi connectivity index (χ2v) is 4.85. The molecule has 0 aliphatic heterocycles. The van der Waals surface area contributed by atoms with Crippen LogP contribution in [0.2, 0.25) is 0 Å². The number of ether oxygens (including phenoxy) is 2. The fourth-order valence-electron chi connectivity index (χ4n) is 2.50. The first-order valence-electron chi connectivity index (χ1n) is 6.91. The Morgan fingerprint density at radius 1 is 1.00 bits per heavy atom. The lowest BCUT2D eigenvalue weighted by molar-refractivity contribution is -0.384. The fourth-order valence-corrected chi connectivity index (χ4v) is 2.50. The van der Waals surface area contributed by atoms with E-state index >= 15 is 0 Å². The predicted octanol–water partition coefficient (Wildman–Crippen LogP) is 3.83. The van der Waals surface area contributed by atoms with Crippen molar-refractivity contribution >= 4 is 16.6 Å². The van der Waals surface area contributed by atoms with Gasteiger partial charge in [0.25, 0.3) is 0 Å². The van der Waals surface area contributed by atoms with Crippen molar-refractivity contribution in [2.24, 2.45) is 0 Å². The Hall–Kier alpha value is -3.15. The van der Waals surface area contributed by atoms with Crippen LogP contribution in [0, 0.1) is 10.1 Å². The molecule has 0 saturated heterocycles. The van der Waals surface area contributed by atoms with Gasteiger partial charge in [0.15, 0.2) is 0 Å². The van der Waals surface area contributed by atoms with E-state index in [1.54, 1.807) is 12.1 Å². The Morgan fingerprint density at radius 2 is 1.70 bits per heavy atom. The lowest BCUT2D eigenvalue weighted by Gasteiger charge is -2.10. The summed E-state index contributed by atoms with van der Waals surface area (Å²) in [7, 11) is 2.89. The van der Waals surface area contributed by atoms with Gasteiger partial charge in [-0.3, -0.25) is 10.1 Å². The predicted molar refractivity (Wildman–Crippen MR) is 86.9 cm³/mol. The first-order valence-corrected chi connectivity index (χ1v) is 6.91. The molecule has 0 aliphatic rings. The number of nitro benzene ring substituents is 1. The second kappa shape index (κ2) is 5.92. The van der Waals surface area contributed by atoms with Gasteiger partial charge in [-0.05, 0) is 12.1 Å². The van der Waals surface area contributed by atoms with E-state index < -0.39 is 4.92 Å². The molecule has 0 radical (unpaired) electrons. The van der Waals surface area contributed by atoms with Crippen LogP contribution in [0.3, 0.4) is 0 Å². The summed E-state index contributed by atoms with van der Waals surface area (Å²) in [5.41, 5.74) is 1.96. The smallest absolute Gasteiger partial charge is 0.320 e. The van der Waals surface area contributed by atoms with Gasteiger partial charge in [-0.2, -0.15) is 0 Å². The van der Waals surface area contributed by atoms with Crippen molar-refractivity contribution in [3.63, 3.8) is 0 Å². The van der Waals surface area contributed by atoms with Crippen LogP contribution in [-0.2, 0) is 0 Å². The van der Waals surface area contributed by atoms with Crippen LogP contribution >= 0.6 is 0 Å². The number of hydrogen-bond acceptors (Lipinski definition) is 5. The molecule has 116 valence electrons. The summed E-state index contributed by atoms with van der Waals surface area (Å²) in [6.07, 6.45) is 0. The summed E-state index contributed by atoms with van der Waals surface area (Å²) in [6.45, 7) is 0. The highest BCUT2D eigenvalue weighted by molar-refractivity contribution is 5.96. The van der Waals surface area contributed by atoms with Crippen molar-refractivity contribution in [3.8, 4) is 22.8 Å². The van der Waals surface area contributed by atoms with Crippen LogP contribution < -0.4 is 9.47 Å². The summed E-state index contributed by atoms with van der Waals surface area (Å²) < 4.78 is 10.5. The van der Waals surface area contributed by atoms with Crippen LogP contribution in [0.25, 0.3) is 22.2 Å². The Balaban J connectivity index is 2.32. The maximum atomic E-state index is 11.4. The molecule has 2 aromatic carbocycles. The van der Waals surface area contributed by atoms with E-state index in [9.17, 15) is 10.1 Å². The SMILES string of the molecule is COc1cc(OC)c2nc(-c3ccccc3)ccc2c1[N+](=O)[O-]. The molecule has 1 heterocycles. The summed E-state index contributed by atoms with van der Waals surface area (Å²) in [5, 5.41) is 11.8. The number of nitro groups is 1. The monoisotopic (exact) mass is 310 g/mol. The first kappa shape index (κ1) is 14.8. The van der Waals surface area contributed by atoms with Gasteiger partial charge in [-0.1, -0.05) is 30.3 Å². The Bertz CT molecular complexity index is 879. The second-order valence-electron chi connectivity index (χ2n) is 4.85. The number of rotatable bonds is 4. The third-order valence-corrected chi connectivity index (χ3v) is 3.57. The molecular weight excluding hydrogens is 296 g/mol. The minimum atomic E-state index is -0.468. The largest absolute Gasteiger partial charge is 0.494 e. The minimum Gasteiger partial charge on any atom is -0.494 e. The third kappa shape index (κ3) is 2.55. The molecule has 1 aromatic heterocycles. The Labute approximate surface area is 132 Å². The van der Waals surface area contributed by atoms with Gasteiger partial charge in [0, 0.05) is 11.6 Å². The van der Waals surface area contributed by atoms with E-state index in [1.165, 1.54) is 20.3 Å². The fraction of sp³-hybridized carbons (Fsp3) is 0.118. The number of hydrogen-bond donors (Lipinski definition) is 0. The summed E-state index contributed by atoms with van der Waals surface area (Å²) in [6, 6.07) is 14.5. The van der Waals surface area contributed by atoms with Gasteiger partial charge in [0.2, 0.25) is 5.75 Å². The molecule has 0 N–H and O–H groups in total. The van der Waals surface area contributed by atoms with Gasteiger partial charge in [-0.15, -0.1) is 0 Å². The quantitative estimate of drug-likeness (QED) is 0.541. The zero-order valence-corrected chi connectivity index (χ0v) is 12.6. The molecule has 0 spiro atoms. The molecule has 0 amide bonds. The van der Waals surface area contributed by atoms with E-state index in [0.717, 1.165) is 11.3 Å². The van der Waals surface area contributed by atoms with E-state index in [1.807, 2.05) is 30.3 Å². The van der Waals surface area contributed by atoms with Crippen molar-refractivity contribution in [1.29, 1.82) is 0 Å². The van der Waals surface area contributed by atoms with E-state index in [2.05, 4.69) is 4.98 Å². The van der Waals surface area contributed by atoms with Gasteiger partial charge >= 0.3 is 5.69 Å². The van der Waals surface area contributed by atoms with Crippen molar-refractivity contribution < 1.29 is 14.4 Å². The van der Waals surface area contributed by atoms with Crippen LogP contribution in [0.15, 0.2) is 48.5 Å². The Morgan fingerprint density at radius 3 is 2.30 bits per heavy atom. The molecule has 23 heavy (non-hydrogen) atoms. The lowest BCUT2D eigenvalue weighted by atomic mass is 10.1. The molecule has 0 aliphatic carbocycles. The highest BCUT2D eigenvalue weighted by Crippen LogP contribution is 2.40. The van der Waals surface area contributed by atoms with Crippen LogP contribution in [0.4, 0.5) is 5.69 Å². The number of fused-ring (bicyclic) bond motifs is 1. The van der Waals surface area contributed by atoms with E-state index in [-0.39, 0.29) is 11.4 Å². The number of methoxy groups -OCH3 is 2. The van der Waals surface area contributed by atoms with Gasteiger partial charge in [0.1, 0.15) is 11.3 Å². The highest BCUT2D eigenvalue weighted by atomic mass is 16.6. The average Bonchev–Trinajstić information content (AvgIpc) is 2.60.